The standard InChI is InChI=1S/C28H24N8O/c1-28(2,3)27(37)32-19-11-18(14-30-15-19)16-6-7-21-20(12-16)24(36-35-21)26-33-22-8-10-31-23(25(22)34-26)17-5-4-9-29-13-17/h4-15H,1-3H3,(H,32,37)(H,33,34)(H,35,36). The highest BCUT2D eigenvalue weighted by molar-refractivity contribution is 5.98. The molecule has 0 saturated carbocycles. The summed E-state index contributed by atoms with van der Waals surface area (Å²) < 4.78 is 0. The summed E-state index contributed by atoms with van der Waals surface area (Å²) in [6, 6.07) is 13.7. The predicted molar refractivity (Wildman–Crippen MR) is 144 cm³/mol. The maximum Gasteiger partial charge on any atom is 0.229 e. The van der Waals surface area contributed by atoms with Gasteiger partial charge in [0.2, 0.25) is 5.91 Å². The van der Waals surface area contributed by atoms with Crippen LogP contribution in [0.5, 0.6) is 0 Å². The molecule has 6 aromatic rings. The van der Waals surface area contributed by atoms with Crippen LogP contribution in [0.15, 0.2) is 73.4 Å². The van der Waals surface area contributed by atoms with Gasteiger partial charge in [0.25, 0.3) is 0 Å². The number of carbonyl (C=O) groups excluding carboxylic acids is 1. The van der Waals surface area contributed by atoms with Gasteiger partial charge in [0, 0.05) is 46.7 Å². The smallest absolute Gasteiger partial charge is 0.229 e. The third kappa shape index (κ3) is 4.20. The summed E-state index contributed by atoms with van der Waals surface area (Å²) in [6.45, 7) is 5.63. The van der Waals surface area contributed by atoms with Crippen LogP contribution in [-0.4, -0.2) is 41.0 Å². The van der Waals surface area contributed by atoms with Gasteiger partial charge in [-0.25, -0.2) is 4.98 Å². The number of nitrogens with zero attached hydrogens (tertiary/aromatic N) is 5. The van der Waals surface area contributed by atoms with Gasteiger partial charge < -0.3 is 10.3 Å². The molecule has 5 aromatic heterocycles. The lowest BCUT2D eigenvalue weighted by Gasteiger charge is -2.17. The van der Waals surface area contributed by atoms with Crippen LogP contribution in [0, 0.1) is 5.41 Å². The Labute approximate surface area is 212 Å². The number of fused-ring (bicyclic) bond motifs is 2. The molecule has 0 aliphatic rings. The molecule has 0 atom stereocenters. The zero-order valence-electron chi connectivity index (χ0n) is 20.6. The molecule has 0 unspecified atom stereocenters. The van der Waals surface area contributed by atoms with Crippen LogP contribution in [-0.2, 0) is 4.79 Å². The summed E-state index contributed by atoms with van der Waals surface area (Å²) in [4.78, 5) is 33.8. The number of anilines is 1. The topological polar surface area (TPSA) is 125 Å². The molecular formula is C28H24N8O. The highest BCUT2D eigenvalue weighted by atomic mass is 16.2. The number of rotatable bonds is 4. The predicted octanol–water partition coefficient (Wildman–Crippen LogP) is 5.61. The maximum absolute atomic E-state index is 12.4. The van der Waals surface area contributed by atoms with Crippen LogP contribution in [0.25, 0.3) is 55.8 Å². The second-order valence-corrected chi connectivity index (χ2v) is 9.88. The van der Waals surface area contributed by atoms with Crippen molar-refractivity contribution in [3.05, 3.63) is 73.4 Å². The van der Waals surface area contributed by atoms with E-state index in [1.807, 2.05) is 63.2 Å². The molecule has 0 aliphatic heterocycles. The number of amides is 1. The Kier molecular flexibility index (Phi) is 5.26. The molecule has 182 valence electrons. The summed E-state index contributed by atoms with van der Waals surface area (Å²) in [5.74, 6) is 0.574. The highest BCUT2D eigenvalue weighted by Crippen LogP contribution is 2.32. The Bertz CT molecular complexity index is 1760. The van der Waals surface area contributed by atoms with Crippen LogP contribution in [0.1, 0.15) is 20.8 Å². The van der Waals surface area contributed by atoms with E-state index in [1.54, 1.807) is 31.0 Å². The molecule has 0 saturated heterocycles. The van der Waals surface area contributed by atoms with Crippen LogP contribution in [0.4, 0.5) is 5.69 Å². The number of aromatic nitrogens is 7. The Balaban J connectivity index is 1.40. The van der Waals surface area contributed by atoms with E-state index in [4.69, 9.17) is 4.98 Å². The van der Waals surface area contributed by atoms with Gasteiger partial charge in [-0.2, -0.15) is 5.10 Å². The van der Waals surface area contributed by atoms with Crippen molar-refractivity contribution in [1.82, 2.24) is 35.1 Å². The third-order valence-electron chi connectivity index (χ3n) is 6.13. The van der Waals surface area contributed by atoms with Gasteiger partial charge in [-0.1, -0.05) is 26.8 Å². The van der Waals surface area contributed by atoms with Gasteiger partial charge in [-0.3, -0.25) is 24.8 Å². The van der Waals surface area contributed by atoms with E-state index in [9.17, 15) is 4.79 Å². The molecule has 9 nitrogen and oxygen atoms in total. The minimum Gasteiger partial charge on any atom is -0.336 e. The van der Waals surface area contributed by atoms with Crippen molar-refractivity contribution in [2.24, 2.45) is 5.41 Å². The average molecular weight is 489 g/mol. The second kappa shape index (κ2) is 8.63. The number of carbonyl (C=O) groups is 1. The normalized spacial score (nSPS) is 11.8. The molecule has 0 bridgehead atoms. The second-order valence-electron chi connectivity index (χ2n) is 9.88. The lowest BCUT2D eigenvalue weighted by atomic mass is 9.95. The summed E-state index contributed by atoms with van der Waals surface area (Å²) in [6.07, 6.45) is 8.69. The molecule has 0 fully saturated rings. The Morgan fingerprint density at radius 1 is 0.865 bits per heavy atom. The first-order valence-corrected chi connectivity index (χ1v) is 11.9. The third-order valence-corrected chi connectivity index (χ3v) is 6.13. The van der Waals surface area contributed by atoms with Crippen molar-refractivity contribution in [3.63, 3.8) is 0 Å². The zero-order valence-corrected chi connectivity index (χ0v) is 20.6. The molecule has 37 heavy (non-hydrogen) atoms. The number of aromatic amines is 2. The van der Waals surface area contributed by atoms with Gasteiger partial charge in [0.1, 0.15) is 11.2 Å². The molecule has 0 spiro atoms. The van der Waals surface area contributed by atoms with Crippen LogP contribution in [0.2, 0.25) is 0 Å². The van der Waals surface area contributed by atoms with Crippen molar-refractivity contribution in [2.75, 3.05) is 5.32 Å². The van der Waals surface area contributed by atoms with E-state index in [-0.39, 0.29) is 5.91 Å². The molecule has 9 heteroatoms. The fraction of sp³-hybridized carbons (Fsp3) is 0.143. The molecule has 5 heterocycles. The number of hydrogen-bond acceptors (Lipinski definition) is 6. The SMILES string of the molecule is CC(C)(C)C(=O)Nc1cncc(-c2ccc3[nH]nc(-c4nc5c(-c6cccnc6)nccc5[nH]4)c3c2)c1. The molecule has 3 N–H and O–H groups in total. The number of H-pyrrole nitrogens is 2. The number of imidazole rings is 1. The summed E-state index contributed by atoms with van der Waals surface area (Å²) in [5, 5.41) is 11.5. The van der Waals surface area contributed by atoms with E-state index >= 15 is 0 Å². The minimum atomic E-state index is -0.500. The van der Waals surface area contributed by atoms with Crippen LogP contribution < -0.4 is 5.32 Å². The quantitative estimate of drug-likeness (QED) is 0.296. The van der Waals surface area contributed by atoms with Crippen molar-refractivity contribution in [3.8, 4) is 33.9 Å². The fourth-order valence-corrected chi connectivity index (χ4v) is 4.12. The number of benzene rings is 1. The summed E-state index contributed by atoms with van der Waals surface area (Å²) >= 11 is 0. The van der Waals surface area contributed by atoms with E-state index in [0.29, 0.717) is 17.2 Å². The molecule has 6 rings (SSSR count). The number of nitrogens with one attached hydrogen (secondary N) is 3. The monoisotopic (exact) mass is 488 g/mol. The van der Waals surface area contributed by atoms with E-state index < -0.39 is 5.41 Å². The number of pyridine rings is 3. The molecule has 0 radical (unpaired) electrons. The fourth-order valence-electron chi connectivity index (χ4n) is 4.12. The first-order chi connectivity index (χ1) is 17.9. The average Bonchev–Trinajstić information content (AvgIpc) is 3.52. The van der Waals surface area contributed by atoms with E-state index in [0.717, 1.165) is 44.3 Å². The van der Waals surface area contributed by atoms with Crippen molar-refractivity contribution in [1.29, 1.82) is 0 Å². The molecule has 1 amide bonds. The van der Waals surface area contributed by atoms with Crippen LogP contribution in [0.3, 0.4) is 0 Å². The van der Waals surface area contributed by atoms with Crippen molar-refractivity contribution >= 4 is 33.5 Å². The first-order valence-electron chi connectivity index (χ1n) is 11.9. The van der Waals surface area contributed by atoms with Crippen molar-refractivity contribution in [2.45, 2.75) is 20.8 Å². The molecular weight excluding hydrogens is 464 g/mol. The zero-order chi connectivity index (χ0) is 25.6. The summed E-state index contributed by atoms with van der Waals surface area (Å²) in [7, 11) is 0. The highest BCUT2D eigenvalue weighted by Gasteiger charge is 2.21. The van der Waals surface area contributed by atoms with Gasteiger partial charge in [-0.05, 0) is 42.0 Å². The minimum absolute atomic E-state index is 0.0657. The lowest BCUT2D eigenvalue weighted by molar-refractivity contribution is -0.123. The molecule has 0 aliphatic carbocycles. The van der Waals surface area contributed by atoms with Gasteiger partial charge in [-0.15, -0.1) is 0 Å². The van der Waals surface area contributed by atoms with Gasteiger partial charge in [0.15, 0.2) is 5.82 Å². The number of hydrogen-bond donors (Lipinski definition) is 3. The first kappa shape index (κ1) is 22.5. The van der Waals surface area contributed by atoms with E-state index in [2.05, 4.69) is 35.5 Å². The Morgan fingerprint density at radius 2 is 1.73 bits per heavy atom. The van der Waals surface area contributed by atoms with Gasteiger partial charge >= 0.3 is 0 Å². The summed E-state index contributed by atoms with van der Waals surface area (Å²) in [5.41, 5.74) is 6.84. The lowest BCUT2D eigenvalue weighted by Crippen LogP contribution is -2.27. The molecule has 1 aromatic carbocycles. The Hall–Kier alpha value is -4.92. The largest absolute Gasteiger partial charge is 0.336 e. The van der Waals surface area contributed by atoms with Crippen LogP contribution >= 0.6 is 0 Å². The van der Waals surface area contributed by atoms with E-state index in [1.165, 1.54) is 0 Å². The van der Waals surface area contributed by atoms with Gasteiger partial charge in [0.05, 0.1) is 28.6 Å². The maximum atomic E-state index is 12.4. The Morgan fingerprint density at radius 3 is 2.54 bits per heavy atom. The van der Waals surface area contributed by atoms with Crippen molar-refractivity contribution < 1.29 is 4.79 Å².